The van der Waals surface area contributed by atoms with Gasteiger partial charge >= 0.3 is 6.18 Å². The number of halogens is 4. The van der Waals surface area contributed by atoms with E-state index >= 15 is 0 Å². The summed E-state index contributed by atoms with van der Waals surface area (Å²) in [6.45, 7) is 2.58. The maximum atomic E-state index is 13.5. The number of rotatable bonds is 2. The van der Waals surface area contributed by atoms with Crippen LogP contribution in [0.4, 0.5) is 19.0 Å². The van der Waals surface area contributed by atoms with Crippen molar-refractivity contribution < 1.29 is 13.2 Å². The highest BCUT2D eigenvalue weighted by molar-refractivity contribution is 6.30. The average molecular weight is 378 g/mol. The SMILES string of the molecule is Cc1ccc(Cl)cc1-n1nc(-c2ccccc2C(F)(F)F)c2c1NCC2. The predicted molar refractivity (Wildman–Crippen MR) is 95.9 cm³/mol. The fourth-order valence-electron chi connectivity index (χ4n) is 3.31. The first-order chi connectivity index (χ1) is 12.4. The Bertz CT molecular complexity index is 992. The van der Waals surface area contributed by atoms with Crippen LogP contribution in [0.1, 0.15) is 16.7 Å². The first-order valence-electron chi connectivity index (χ1n) is 8.15. The van der Waals surface area contributed by atoms with Gasteiger partial charge in [0.2, 0.25) is 0 Å². The lowest BCUT2D eigenvalue weighted by atomic mass is 10.0. The van der Waals surface area contributed by atoms with Gasteiger partial charge in [-0.05, 0) is 37.1 Å². The van der Waals surface area contributed by atoms with E-state index in [0.717, 1.165) is 28.7 Å². The van der Waals surface area contributed by atoms with Gasteiger partial charge < -0.3 is 5.32 Å². The van der Waals surface area contributed by atoms with Gasteiger partial charge in [0, 0.05) is 22.7 Å². The summed E-state index contributed by atoms with van der Waals surface area (Å²) in [5.74, 6) is 0.724. The molecule has 1 N–H and O–H groups in total. The van der Waals surface area contributed by atoms with Crippen LogP contribution in [-0.2, 0) is 12.6 Å². The van der Waals surface area contributed by atoms with Gasteiger partial charge in [-0.3, -0.25) is 0 Å². The number of hydrogen-bond acceptors (Lipinski definition) is 2. The van der Waals surface area contributed by atoms with Crippen LogP contribution in [0.5, 0.6) is 0 Å². The number of aromatic nitrogens is 2. The second kappa shape index (κ2) is 6.06. The Labute approximate surface area is 153 Å². The van der Waals surface area contributed by atoms with Gasteiger partial charge in [-0.1, -0.05) is 35.9 Å². The molecule has 2 heterocycles. The second-order valence-corrected chi connectivity index (χ2v) is 6.67. The first-order valence-corrected chi connectivity index (χ1v) is 8.53. The van der Waals surface area contributed by atoms with E-state index < -0.39 is 11.7 Å². The van der Waals surface area contributed by atoms with Gasteiger partial charge in [-0.15, -0.1) is 0 Å². The molecular weight excluding hydrogens is 363 g/mol. The lowest BCUT2D eigenvalue weighted by molar-refractivity contribution is -0.137. The Kier molecular flexibility index (Phi) is 3.95. The normalized spacial score (nSPS) is 13.6. The van der Waals surface area contributed by atoms with E-state index in [4.69, 9.17) is 11.6 Å². The summed E-state index contributed by atoms with van der Waals surface area (Å²) in [6, 6.07) is 11.0. The summed E-state index contributed by atoms with van der Waals surface area (Å²) in [5.41, 5.74) is 2.25. The molecule has 0 saturated carbocycles. The molecule has 3 aromatic rings. The van der Waals surface area contributed by atoms with Gasteiger partial charge in [0.1, 0.15) is 5.82 Å². The zero-order chi connectivity index (χ0) is 18.5. The Balaban J connectivity index is 1.96. The van der Waals surface area contributed by atoms with Crippen LogP contribution in [0.2, 0.25) is 5.02 Å². The van der Waals surface area contributed by atoms with E-state index in [2.05, 4.69) is 10.4 Å². The van der Waals surface area contributed by atoms with E-state index in [0.29, 0.717) is 23.7 Å². The van der Waals surface area contributed by atoms with Crippen molar-refractivity contribution in [3.63, 3.8) is 0 Å². The summed E-state index contributed by atoms with van der Waals surface area (Å²) in [5, 5.41) is 8.33. The molecule has 0 amide bonds. The molecule has 0 unspecified atom stereocenters. The molecular formula is C19H15ClF3N3. The molecule has 0 fully saturated rings. The topological polar surface area (TPSA) is 29.9 Å². The third kappa shape index (κ3) is 2.74. The Morgan fingerprint density at radius 3 is 2.69 bits per heavy atom. The van der Waals surface area contributed by atoms with E-state index in [-0.39, 0.29) is 5.56 Å². The molecule has 1 aliphatic rings. The average Bonchev–Trinajstić information content (AvgIpc) is 3.19. The van der Waals surface area contributed by atoms with E-state index in [9.17, 15) is 13.2 Å². The van der Waals surface area contributed by atoms with Crippen LogP contribution in [0.15, 0.2) is 42.5 Å². The molecule has 0 radical (unpaired) electrons. The monoisotopic (exact) mass is 377 g/mol. The largest absolute Gasteiger partial charge is 0.417 e. The van der Waals surface area contributed by atoms with Gasteiger partial charge in [-0.2, -0.15) is 18.3 Å². The standard InChI is InChI=1S/C19H15ClF3N3/c1-11-6-7-12(20)10-16(11)26-18-14(8-9-24-18)17(25-26)13-4-2-3-5-15(13)19(21,22)23/h2-7,10,24H,8-9H2,1H3. The van der Waals surface area contributed by atoms with Crippen molar-refractivity contribution in [2.45, 2.75) is 19.5 Å². The molecule has 1 aliphatic heterocycles. The molecule has 7 heteroatoms. The van der Waals surface area contributed by atoms with Gasteiger partial charge in [0.05, 0.1) is 16.9 Å². The molecule has 0 aliphatic carbocycles. The summed E-state index contributed by atoms with van der Waals surface area (Å²) in [7, 11) is 0. The zero-order valence-corrected chi connectivity index (χ0v) is 14.6. The van der Waals surface area contributed by atoms with Crippen molar-refractivity contribution in [3.8, 4) is 16.9 Å². The lowest BCUT2D eigenvalue weighted by Gasteiger charge is -2.12. The summed E-state index contributed by atoms with van der Waals surface area (Å²) in [6.07, 6.45) is -3.82. The smallest absolute Gasteiger partial charge is 0.369 e. The summed E-state index contributed by atoms with van der Waals surface area (Å²) in [4.78, 5) is 0. The van der Waals surface area contributed by atoms with Crippen LogP contribution in [0.25, 0.3) is 16.9 Å². The fourth-order valence-corrected chi connectivity index (χ4v) is 3.48. The van der Waals surface area contributed by atoms with Crippen molar-refractivity contribution in [3.05, 3.63) is 64.2 Å². The number of fused-ring (bicyclic) bond motifs is 1. The molecule has 3 nitrogen and oxygen atoms in total. The van der Waals surface area contributed by atoms with Gasteiger partial charge in [-0.25, -0.2) is 4.68 Å². The molecule has 4 rings (SSSR count). The number of anilines is 1. The van der Waals surface area contributed by atoms with E-state index in [1.54, 1.807) is 22.9 Å². The van der Waals surface area contributed by atoms with Crippen molar-refractivity contribution in [2.24, 2.45) is 0 Å². The number of nitrogens with zero attached hydrogens (tertiary/aromatic N) is 2. The molecule has 0 bridgehead atoms. The quantitative estimate of drug-likeness (QED) is 0.640. The van der Waals surface area contributed by atoms with Crippen molar-refractivity contribution in [2.75, 3.05) is 11.9 Å². The maximum absolute atomic E-state index is 13.5. The Morgan fingerprint density at radius 2 is 1.92 bits per heavy atom. The highest BCUT2D eigenvalue weighted by Crippen LogP contribution is 2.41. The van der Waals surface area contributed by atoms with E-state index in [1.807, 2.05) is 13.0 Å². The highest BCUT2D eigenvalue weighted by atomic mass is 35.5. The summed E-state index contributed by atoms with van der Waals surface area (Å²) < 4.78 is 42.1. The van der Waals surface area contributed by atoms with Crippen LogP contribution >= 0.6 is 11.6 Å². The Morgan fingerprint density at radius 1 is 1.15 bits per heavy atom. The molecule has 0 saturated heterocycles. The molecule has 2 aromatic carbocycles. The molecule has 0 spiro atoms. The first kappa shape index (κ1) is 17.0. The fraction of sp³-hybridized carbons (Fsp3) is 0.211. The molecule has 0 atom stereocenters. The number of alkyl halides is 3. The molecule has 1 aromatic heterocycles. The van der Waals surface area contributed by atoms with Crippen LogP contribution < -0.4 is 5.32 Å². The minimum absolute atomic E-state index is 0.0957. The minimum Gasteiger partial charge on any atom is -0.369 e. The van der Waals surface area contributed by atoms with Crippen molar-refractivity contribution in [1.82, 2.24) is 9.78 Å². The minimum atomic E-state index is -4.44. The van der Waals surface area contributed by atoms with Crippen LogP contribution in [0, 0.1) is 6.92 Å². The number of benzene rings is 2. The zero-order valence-electron chi connectivity index (χ0n) is 13.9. The lowest BCUT2D eigenvalue weighted by Crippen LogP contribution is -2.08. The molecule has 26 heavy (non-hydrogen) atoms. The summed E-state index contributed by atoms with van der Waals surface area (Å²) >= 11 is 6.12. The number of aryl methyl sites for hydroxylation is 1. The predicted octanol–water partition coefficient (Wildman–Crippen LogP) is 5.49. The van der Waals surface area contributed by atoms with Crippen LogP contribution in [0.3, 0.4) is 0 Å². The molecule has 134 valence electrons. The Hall–Kier alpha value is -2.47. The number of hydrogen-bond donors (Lipinski definition) is 1. The van der Waals surface area contributed by atoms with Crippen LogP contribution in [-0.4, -0.2) is 16.3 Å². The maximum Gasteiger partial charge on any atom is 0.417 e. The van der Waals surface area contributed by atoms with Crippen molar-refractivity contribution >= 4 is 17.4 Å². The highest BCUT2D eigenvalue weighted by Gasteiger charge is 2.36. The number of nitrogens with one attached hydrogen (secondary N) is 1. The third-order valence-electron chi connectivity index (χ3n) is 4.54. The van der Waals surface area contributed by atoms with E-state index in [1.165, 1.54) is 12.1 Å². The second-order valence-electron chi connectivity index (χ2n) is 6.24. The van der Waals surface area contributed by atoms with Crippen molar-refractivity contribution in [1.29, 1.82) is 0 Å². The van der Waals surface area contributed by atoms with Gasteiger partial charge in [0.25, 0.3) is 0 Å². The van der Waals surface area contributed by atoms with Gasteiger partial charge in [0.15, 0.2) is 0 Å². The third-order valence-corrected chi connectivity index (χ3v) is 4.77.